The third-order valence-corrected chi connectivity index (χ3v) is 2.76. The highest BCUT2D eigenvalue weighted by Crippen LogP contribution is 2.18. The average Bonchev–Trinajstić information content (AvgIpc) is 2.57. The Kier molecular flexibility index (Phi) is 2.75. The van der Waals surface area contributed by atoms with Crippen LogP contribution in [0.15, 0.2) is 30.3 Å². The summed E-state index contributed by atoms with van der Waals surface area (Å²) in [6.45, 7) is 0.0293. The maximum Gasteiger partial charge on any atom is 0.0586 e. The van der Waals surface area contributed by atoms with E-state index >= 15 is 0 Å². The van der Waals surface area contributed by atoms with Crippen LogP contribution in [0.1, 0.15) is 5.69 Å². The Morgan fingerprint density at radius 3 is 2.80 bits per heavy atom. The van der Waals surface area contributed by atoms with Crippen LogP contribution >= 0.6 is 0 Å². The van der Waals surface area contributed by atoms with E-state index in [0.717, 1.165) is 5.69 Å². The summed E-state index contributed by atoms with van der Waals surface area (Å²) in [5.41, 5.74) is 8.10. The summed E-state index contributed by atoms with van der Waals surface area (Å²) in [6, 6.07) is 10.2. The molecule has 0 aliphatic carbocycles. The molecule has 1 aromatic heterocycles. The van der Waals surface area contributed by atoms with Crippen molar-refractivity contribution in [3.63, 3.8) is 0 Å². The highest BCUT2D eigenvalue weighted by atomic mass is 16.3. The molecule has 3 N–H and O–H groups in total. The first-order valence-electron chi connectivity index (χ1n) is 5.12. The Hall–Kier alpha value is -1.32. The molecule has 0 amide bonds. The van der Waals surface area contributed by atoms with Gasteiger partial charge in [0.15, 0.2) is 0 Å². The van der Waals surface area contributed by atoms with Crippen LogP contribution in [0.4, 0.5) is 0 Å². The quantitative estimate of drug-likeness (QED) is 0.785. The van der Waals surface area contributed by atoms with Crippen LogP contribution < -0.4 is 5.73 Å². The standard InChI is InChI=1S/C12H16N2O/c1-14-11(7-10(13)8-15)6-9-4-2-3-5-12(9)14/h2-6,10,15H,7-8,13H2,1H3. The van der Waals surface area contributed by atoms with Crippen molar-refractivity contribution in [1.29, 1.82) is 0 Å². The Bertz CT molecular complexity index is 462. The molecule has 1 unspecified atom stereocenters. The van der Waals surface area contributed by atoms with Crippen LogP contribution in [0.5, 0.6) is 0 Å². The van der Waals surface area contributed by atoms with Crippen molar-refractivity contribution in [1.82, 2.24) is 4.57 Å². The lowest BCUT2D eigenvalue weighted by molar-refractivity contribution is 0.264. The smallest absolute Gasteiger partial charge is 0.0586 e. The fourth-order valence-electron chi connectivity index (χ4n) is 1.88. The van der Waals surface area contributed by atoms with Crippen LogP contribution in [-0.2, 0) is 13.5 Å². The predicted molar refractivity (Wildman–Crippen MR) is 61.7 cm³/mol. The average molecular weight is 204 g/mol. The number of nitrogens with zero attached hydrogens (tertiary/aromatic N) is 1. The first kappa shape index (κ1) is 10.2. The van der Waals surface area contributed by atoms with Crippen molar-refractivity contribution in [3.05, 3.63) is 36.0 Å². The number of aliphatic hydroxyl groups excluding tert-OH is 1. The van der Waals surface area contributed by atoms with E-state index in [1.807, 2.05) is 19.2 Å². The number of hydrogen-bond acceptors (Lipinski definition) is 2. The molecule has 1 heterocycles. The zero-order valence-corrected chi connectivity index (χ0v) is 8.85. The summed E-state index contributed by atoms with van der Waals surface area (Å²) in [5, 5.41) is 10.1. The number of nitrogens with two attached hydrogens (primary N) is 1. The molecule has 0 saturated heterocycles. The molecule has 0 radical (unpaired) electrons. The van der Waals surface area contributed by atoms with Gasteiger partial charge in [0, 0.05) is 30.7 Å². The second kappa shape index (κ2) is 4.04. The van der Waals surface area contributed by atoms with Crippen molar-refractivity contribution in [3.8, 4) is 0 Å². The fourth-order valence-corrected chi connectivity index (χ4v) is 1.88. The molecule has 1 aromatic carbocycles. The fraction of sp³-hybridized carbons (Fsp3) is 0.333. The zero-order valence-electron chi connectivity index (χ0n) is 8.85. The maximum atomic E-state index is 8.93. The van der Waals surface area contributed by atoms with Gasteiger partial charge in [-0.1, -0.05) is 18.2 Å². The second-order valence-electron chi connectivity index (χ2n) is 3.90. The number of fused-ring (bicyclic) bond motifs is 1. The van der Waals surface area contributed by atoms with Gasteiger partial charge in [-0.15, -0.1) is 0 Å². The summed E-state index contributed by atoms with van der Waals surface area (Å²) >= 11 is 0. The molecule has 0 saturated carbocycles. The van der Waals surface area contributed by atoms with E-state index in [-0.39, 0.29) is 12.6 Å². The van der Waals surface area contributed by atoms with Crippen LogP contribution in [0, 0.1) is 0 Å². The number of rotatable bonds is 3. The Labute approximate surface area is 89.1 Å². The van der Waals surface area contributed by atoms with Crippen LogP contribution in [0.3, 0.4) is 0 Å². The highest BCUT2D eigenvalue weighted by Gasteiger charge is 2.08. The van der Waals surface area contributed by atoms with Gasteiger partial charge >= 0.3 is 0 Å². The molecule has 0 fully saturated rings. The van der Waals surface area contributed by atoms with Gasteiger partial charge < -0.3 is 15.4 Å². The summed E-state index contributed by atoms with van der Waals surface area (Å²) < 4.78 is 2.13. The van der Waals surface area contributed by atoms with Gasteiger partial charge in [0.05, 0.1) is 6.61 Å². The van der Waals surface area contributed by atoms with E-state index in [1.54, 1.807) is 0 Å². The van der Waals surface area contributed by atoms with Crippen molar-refractivity contribution < 1.29 is 5.11 Å². The summed E-state index contributed by atoms with van der Waals surface area (Å²) in [5.74, 6) is 0. The van der Waals surface area contributed by atoms with Crippen molar-refractivity contribution in [2.24, 2.45) is 12.8 Å². The Morgan fingerprint density at radius 1 is 1.40 bits per heavy atom. The third kappa shape index (κ3) is 1.89. The topological polar surface area (TPSA) is 51.2 Å². The Morgan fingerprint density at radius 2 is 2.13 bits per heavy atom. The number of aryl methyl sites for hydroxylation is 1. The van der Waals surface area contributed by atoms with E-state index < -0.39 is 0 Å². The molecule has 0 aliphatic rings. The number of hydrogen-bond donors (Lipinski definition) is 2. The van der Waals surface area contributed by atoms with Crippen LogP contribution in [0.25, 0.3) is 10.9 Å². The molecule has 3 nitrogen and oxygen atoms in total. The van der Waals surface area contributed by atoms with Gasteiger partial charge in [-0.05, 0) is 17.5 Å². The molecule has 0 spiro atoms. The minimum atomic E-state index is -0.173. The normalized spacial score (nSPS) is 13.3. The molecule has 0 aliphatic heterocycles. The van der Waals surface area contributed by atoms with Crippen LogP contribution in [-0.4, -0.2) is 22.3 Å². The van der Waals surface area contributed by atoms with Gasteiger partial charge in [-0.2, -0.15) is 0 Å². The highest BCUT2D eigenvalue weighted by molar-refractivity contribution is 5.81. The molecule has 0 bridgehead atoms. The largest absolute Gasteiger partial charge is 0.395 e. The van der Waals surface area contributed by atoms with E-state index in [9.17, 15) is 0 Å². The lowest BCUT2D eigenvalue weighted by Gasteiger charge is -2.08. The van der Waals surface area contributed by atoms with Gasteiger partial charge in [0.1, 0.15) is 0 Å². The van der Waals surface area contributed by atoms with Gasteiger partial charge in [-0.25, -0.2) is 0 Å². The number of benzene rings is 1. The van der Waals surface area contributed by atoms with E-state index in [2.05, 4.69) is 22.8 Å². The van der Waals surface area contributed by atoms with E-state index in [1.165, 1.54) is 10.9 Å². The van der Waals surface area contributed by atoms with Crippen molar-refractivity contribution >= 4 is 10.9 Å². The summed E-state index contributed by atoms with van der Waals surface area (Å²) in [4.78, 5) is 0. The molecule has 3 heteroatoms. The SMILES string of the molecule is Cn1c(CC(N)CO)cc2ccccc21. The Balaban J connectivity index is 2.40. The molecular weight excluding hydrogens is 188 g/mol. The van der Waals surface area contributed by atoms with Gasteiger partial charge in [0.2, 0.25) is 0 Å². The molecule has 80 valence electrons. The monoisotopic (exact) mass is 204 g/mol. The van der Waals surface area contributed by atoms with E-state index in [0.29, 0.717) is 6.42 Å². The molecular formula is C12H16N2O. The summed E-state index contributed by atoms with van der Waals surface area (Å²) in [6.07, 6.45) is 0.710. The minimum Gasteiger partial charge on any atom is -0.395 e. The van der Waals surface area contributed by atoms with Crippen molar-refractivity contribution in [2.75, 3.05) is 6.61 Å². The van der Waals surface area contributed by atoms with Gasteiger partial charge in [0.25, 0.3) is 0 Å². The number of aliphatic hydroxyl groups is 1. The maximum absolute atomic E-state index is 8.93. The predicted octanol–water partition coefficient (Wildman–Crippen LogP) is 1.04. The van der Waals surface area contributed by atoms with Crippen molar-refractivity contribution in [2.45, 2.75) is 12.5 Å². The zero-order chi connectivity index (χ0) is 10.8. The van der Waals surface area contributed by atoms with Gasteiger partial charge in [-0.3, -0.25) is 0 Å². The first-order chi connectivity index (χ1) is 7.22. The lowest BCUT2D eigenvalue weighted by Crippen LogP contribution is -2.27. The lowest BCUT2D eigenvalue weighted by atomic mass is 10.2. The minimum absolute atomic E-state index is 0.0293. The first-order valence-corrected chi connectivity index (χ1v) is 5.12. The number of para-hydroxylation sites is 1. The number of aromatic nitrogens is 1. The molecule has 1 atom stereocenters. The summed E-state index contributed by atoms with van der Waals surface area (Å²) in [7, 11) is 2.03. The molecule has 2 rings (SSSR count). The van der Waals surface area contributed by atoms with Crippen LogP contribution in [0.2, 0.25) is 0 Å². The molecule has 15 heavy (non-hydrogen) atoms. The second-order valence-corrected chi connectivity index (χ2v) is 3.90. The molecule has 2 aromatic rings. The third-order valence-electron chi connectivity index (χ3n) is 2.76. The van der Waals surface area contributed by atoms with E-state index in [4.69, 9.17) is 10.8 Å².